The Hall–Kier alpha value is -1.01. The van der Waals surface area contributed by atoms with Crippen LogP contribution in [0, 0.1) is 0 Å². The van der Waals surface area contributed by atoms with E-state index in [4.69, 9.17) is 9.15 Å². The van der Waals surface area contributed by atoms with Crippen molar-refractivity contribution in [2.45, 2.75) is 44.5 Å². The summed E-state index contributed by atoms with van der Waals surface area (Å²) < 4.78 is 10.3. The molecule has 0 fully saturated rings. The molecule has 1 aromatic rings. The van der Waals surface area contributed by atoms with Crippen LogP contribution in [0.4, 0.5) is 0 Å². The first kappa shape index (κ1) is 15.0. The first-order valence-corrected chi connectivity index (χ1v) is 6.93. The number of hydrogen-bond acceptors (Lipinski definition) is 6. The lowest BCUT2D eigenvalue weighted by atomic mass is 10.0. The minimum Gasteiger partial charge on any atom is -0.465 e. The van der Waals surface area contributed by atoms with Crippen molar-refractivity contribution in [1.29, 1.82) is 0 Å². The molecule has 1 unspecified atom stereocenters. The molecule has 1 N–H and O–H groups in total. The van der Waals surface area contributed by atoms with Gasteiger partial charge in [0.1, 0.15) is 11.8 Å². The maximum atomic E-state index is 12.0. The fourth-order valence-electron chi connectivity index (χ4n) is 1.57. The zero-order valence-electron chi connectivity index (χ0n) is 11.2. The molecule has 0 saturated heterocycles. The van der Waals surface area contributed by atoms with E-state index in [1.54, 1.807) is 13.1 Å². The molecular weight excluding hydrogens is 252 g/mol. The zero-order chi connectivity index (χ0) is 13.6. The molecule has 0 aliphatic rings. The van der Waals surface area contributed by atoms with E-state index in [2.05, 4.69) is 10.3 Å². The number of carbonyl (C=O) groups excluding carboxylic acids is 1. The van der Waals surface area contributed by atoms with Crippen molar-refractivity contribution in [2.24, 2.45) is 0 Å². The average Bonchev–Trinajstić information content (AvgIpc) is 2.78. The maximum absolute atomic E-state index is 12.0. The summed E-state index contributed by atoms with van der Waals surface area (Å²) in [4.78, 5) is 16.0. The van der Waals surface area contributed by atoms with Crippen molar-refractivity contribution in [2.75, 3.05) is 12.4 Å². The third-order valence-electron chi connectivity index (χ3n) is 2.23. The normalized spacial score (nSPS) is 14.5. The molecule has 0 amide bonds. The number of ether oxygens (including phenoxy) is 1. The van der Waals surface area contributed by atoms with Crippen molar-refractivity contribution in [3.63, 3.8) is 0 Å². The molecule has 6 heteroatoms. The van der Waals surface area contributed by atoms with Crippen LogP contribution in [0.5, 0.6) is 0 Å². The SMILES string of the molecule is CCOC(=O)C(C)(CSc1ncco1)NC(C)C. The second-order valence-electron chi connectivity index (χ2n) is 4.44. The number of hydrogen-bond donors (Lipinski definition) is 1. The summed E-state index contributed by atoms with van der Waals surface area (Å²) in [5.74, 6) is 0.252. The molecule has 0 bridgehead atoms. The smallest absolute Gasteiger partial charge is 0.326 e. The van der Waals surface area contributed by atoms with Crippen LogP contribution in [0.2, 0.25) is 0 Å². The summed E-state index contributed by atoms with van der Waals surface area (Å²) in [6.07, 6.45) is 3.10. The molecule has 0 aromatic carbocycles. The Morgan fingerprint density at radius 3 is 2.89 bits per heavy atom. The first-order valence-electron chi connectivity index (χ1n) is 5.95. The molecule has 0 saturated carbocycles. The summed E-state index contributed by atoms with van der Waals surface area (Å²) >= 11 is 1.39. The minimum absolute atomic E-state index is 0.185. The molecule has 0 aliphatic heterocycles. The van der Waals surface area contributed by atoms with Crippen molar-refractivity contribution in [3.8, 4) is 0 Å². The highest BCUT2D eigenvalue weighted by molar-refractivity contribution is 7.99. The molecule has 0 aliphatic carbocycles. The maximum Gasteiger partial charge on any atom is 0.326 e. The molecule has 1 heterocycles. The Kier molecular flexibility index (Phi) is 5.68. The van der Waals surface area contributed by atoms with Crippen LogP contribution in [-0.2, 0) is 9.53 Å². The Bertz CT molecular complexity index is 367. The minimum atomic E-state index is -0.747. The Labute approximate surface area is 112 Å². The lowest BCUT2D eigenvalue weighted by Gasteiger charge is -2.29. The van der Waals surface area contributed by atoms with Crippen molar-refractivity contribution in [1.82, 2.24) is 10.3 Å². The van der Waals surface area contributed by atoms with Gasteiger partial charge >= 0.3 is 5.97 Å². The van der Waals surface area contributed by atoms with Gasteiger partial charge in [-0.3, -0.25) is 10.1 Å². The lowest BCUT2D eigenvalue weighted by molar-refractivity contribution is -0.149. The second kappa shape index (κ2) is 6.80. The predicted molar refractivity (Wildman–Crippen MR) is 70.5 cm³/mol. The van der Waals surface area contributed by atoms with Gasteiger partial charge < -0.3 is 9.15 Å². The van der Waals surface area contributed by atoms with Gasteiger partial charge in [0.2, 0.25) is 0 Å². The summed E-state index contributed by atoms with van der Waals surface area (Å²) in [5.41, 5.74) is -0.747. The molecule has 1 aromatic heterocycles. The van der Waals surface area contributed by atoms with E-state index in [0.29, 0.717) is 17.6 Å². The van der Waals surface area contributed by atoms with Gasteiger partial charge in [0.15, 0.2) is 0 Å². The van der Waals surface area contributed by atoms with Gasteiger partial charge in [-0.15, -0.1) is 0 Å². The quantitative estimate of drug-likeness (QED) is 0.605. The summed E-state index contributed by atoms with van der Waals surface area (Å²) in [6, 6.07) is 0.185. The predicted octanol–water partition coefficient (Wildman–Crippen LogP) is 2.09. The van der Waals surface area contributed by atoms with E-state index in [1.807, 2.05) is 20.8 Å². The highest BCUT2D eigenvalue weighted by Crippen LogP contribution is 2.22. The van der Waals surface area contributed by atoms with E-state index in [9.17, 15) is 4.79 Å². The van der Waals surface area contributed by atoms with E-state index in [-0.39, 0.29) is 12.0 Å². The third-order valence-corrected chi connectivity index (χ3v) is 3.40. The van der Waals surface area contributed by atoms with Crippen LogP contribution in [0.1, 0.15) is 27.7 Å². The number of carbonyl (C=O) groups is 1. The number of nitrogens with zero attached hydrogens (tertiary/aromatic N) is 1. The molecule has 1 rings (SSSR count). The topological polar surface area (TPSA) is 64.4 Å². The Balaban J connectivity index is 2.67. The Morgan fingerprint density at radius 2 is 2.39 bits per heavy atom. The number of nitrogens with one attached hydrogen (secondary N) is 1. The van der Waals surface area contributed by atoms with Gasteiger partial charge in [0.25, 0.3) is 5.22 Å². The van der Waals surface area contributed by atoms with Gasteiger partial charge in [0.05, 0.1) is 12.8 Å². The molecule has 5 nitrogen and oxygen atoms in total. The van der Waals surface area contributed by atoms with E-state index >= 15 is 0 Å². The number of esters is 1. The van der Waals surface area contributed by atoms with Crippen LogP contribution in [0.15, 0.2) is 22.1 Å². The van der Waals surface area contributed by atoms with Crippen LogP contribution >= 0.6 is 11.8 Å². The Morgan fingerprint density at radius 1 is 1.67 bits per heavy atom. The van der Waals surface area contributed by atoms with Gasteiger partial charge in [-0.25, -0.2) is 4.98 Å². The van der Waals surface area contributed by atoms with Crippen molar-refractivity contribution in [3.05, 3.63) is 12.5 Å². The number of thioether (sulfide) groups is 1. The summed E-state index contributed by atoms with van der Waals surface area (Å²) in [7, 11) is 0. The lowest BCUT2D eigenvalue weighted by Crippen LogP contribution is -2.55. The average molecular weight is 272 g/mol. The second-order valence-corrected chi connectivity index (χ2v) is 5.36. The van der Waals surface area contributed by atoms with Crippen LogP contribution < -0.4 is 5.32 Å². The number of rotatable bonds is 7. The van der Waals surface area contributed by atoms with Crippen LogP contribution in [-0.4, -0.2) is 34.9 Å². The number of aromatic nitrogens is 1. The summed E-state index contributed by atoms with van der Waals surface area (Å²) in [5, 5.41) is 3.79. The molecule has 1 atom stereocenters. The highest BCUT2D eigenvalue weighted by atomic mass is 32.2. The molecule has 102 valence electrons. The monoisotopic (exact) mass is 272 g/mol. The molecule has 0 spiro atoms. The van der Waals surface area contributed by atoms with Crippen molar-refractivity contribution < 1.29 is 13.9 Å². The molecule has 18 heavy (non-hydrogen) atoms. The number of oxazole rings is 1. The zero-order valence-corrected chi connectivity index (χ0v) is 12.0. The molecular formula is C12H20N2O3S. The van der Waals surface area contributed by atoms with Gasteiger partial charge in [-0.1, -0.05) is 11.8 Å². The fraction of sp³-hybridized carbons (Fsp3) is 0.667. The van der Waals surface area contributed by atoms with Crippen LogP contribution in [0.25, 0.3) is 0 Å². The van der Waals surface area contributed by atoms with E-state index < -0.39 is 5.54 Å². The van der Waals surface area contributed by atoms with Gasteiger partial charge in [-0.05, 0) is 27.7 Å². The van der Waals surface area contributed by atoms with E-state index in [1.165, 1.54) is 18.0 Å². The van der Waals surface area contributed by atoms with Crippen LogP contribution in [0.3, 0.4) is 0 Å². The first-order chi connectivity index (χ1) is 8.48. The van der Waals surface area contributed by atoms with Gasteiger partial charge in [0, 0.05) is 11.8 Å². The fourth-order valence-corrected chi connectivity index (χ4v) is 2.45. The molecule has 0 radical (unpaired) electrons. The van der Waals surface area contributed by atoms with E-state index in [0.717, 1.165) is 0 Å². The van der Waals surface area contributed by atoms with Gasteiger partial charge in [-0.2, -0.15) is 0 Å². The highest BCUT2D eigenvalue weighted by Gasteiger charge is 2.35. The third kappa shape index (κ3) is 4.34. The largest absolute Gasteiger partial charge is 0.465 e. The standard InChI is InChI=1S/C12H20N2O3S/c1-5-16-10(15)12(4,14-9(2)3)8-18-11-13-6-7-17-11/h6-7,9,14H,5,8H2,1-4H3. The van der Waals surface area contributed by atoms with Crippen molar-refractivity contribution >= 4 is 17.7 Å². The summed E-state index contributed by atoms with van der Waals surface area (Å²) in [6.45, 7) is 7.99.